The number of nitrogens with zero attached hydrogens (tertiary/aromatic N) is 3. The molecular weight excluding hydrogens is 410 g/mol. The van der Waals surface area contributed by atoms with Crippen LogP contribution in [0.4, 0.5) is 5.69 Å². The van der Waals surface area contributed by atoms with Gasteiger partial charge in [0.05, 0.1) is 16.7 Å². The number of hydrogen-bond acceptors (Lipinski definition) is 3. The Morgan fingerprint density at radius 1 is 0.818 bits per heavy atom. The summed E-state index contributed by atoms with van der Waals surface area (Å²) in [4.78, 5) is 18.3. The van der Waals surface area contributed by atoms with E-state index < -0.39 is 0 Å². The Morgan fingerprint density at radius 3 is 2.24 bits per heavy atom. The van der Waals surface area contributed by atoms with Crippen LogP contribution in [0.3, 0.4) is 0 Å². The van der Waals surface area contributed by atoms with Crippen LogP contribution in [-0.4, -0.2) is 9.36 Å². The summed E-state index contributed by atoms with van der Waals surface area (Å²) >= 11 is 0. The van der Waals surface area contributed by atoms with Gasteiger partial charge in [0.1, 0.15) is 11.3 Å². The van der Waals surface area contributed by atoms with Gasteiger partial charge in [-0.15, -0.1) is 0 Å². The van der Waals surface area contributed by atoms with Crippen molar-refractivity contribution in [2.45, 2.75) is 20.8 Å². The third kappa shape index (κ3) is 3.72. The number of fused-ring (bicyclic) bond motifs is 1. The lowest BCUT2D eigenvalue weighted by molar-refractivity contribution is 0.618. The van der Waals surface area contributed by atoms with E-state index in [0.29, 0.717) is 16.8 Å². The van der Waals surface area contributed by atoms with Gasteiger partial charge >= 0.3 is 0 Å². The quantitative estimate of drug-likeness (QED) is 0.362. The van der Waals surface area contributed by atoms with E-state index in [-0.39, 0.29) is 5.56 Å². The van der Waals surface area contributed by atoms with Crippen molar-refractivity contribution in [3.63, 3.8) is 0 Å². The van der Waals surface area contributed by atoms with Crippen LogP contribution in [0.25, 0.3) is 28.0 Å². The van der Waals surface area contributed by atoms with Crippen LogP contribution >= 0.6 is 0 Å². The molecule has 0 fully saturated rings. The van der Waals surface area contributed by atoms with Crippen LogP contribution in [-0.2, 0) is 7.05 Å². The molecule has 5 aromatic rings. The molecule has 0 amide bonds. The fourth-order valence-electron chi connectivity index (χ4n) is 4.04. The van der Waals surface area contributed by atoms with Crippen molar-refractivity contribution in [3.8, 4) is 17.0 Å². The standard InChI is InChI=1S/C28H25N3O2/c1-18-10-13-21(14-11-18)26-17-24(23-16-19(2)12-15-25(23)33-26)29-27-20(3)30(4)31(28(27)32)22-8-6-5-7-9-22/h5-17H,1-4H3. The van der Waals surface area contributed by atoms with Crippen LogP contribution < -0.4 is 10.9 Å². The summed E-state index contributed by atoms with van der Waals surface area (Å²) in [5.74, 6) is 0.710. The predicted molar refractivity (Wildman–Crippen MR) is 132 cm³/mol. The maximum atomic E-state index is 13.4. The first-order valence-electron chi connectivity index (χ1n) is 10.9. The Kier molecular flexibility index (Phi) is 5.09. The van der Waals surface area contributed by atoms with Crippen molar-refractivity contribution < 1.29 is 4.42 Å². The van der Waals surface area contributed by atoms with Crippen molar-refractivity contribution in [2.24, 2.45) is 12.0 Å². The minimum Gasteiger partial charge on any atom is -0.456 e. The molecule has 0 radical (unpaired) electrons. The fourth-order valence-corrected chi connectivity index (χ4v) is 4.04. The summed E-state index contributed by atoms with van der Waals surface area (Å²) in [6.45, 7) is 6.01. The van der Waals surface area contributed by atoms with Crippen molar-refractivity contribution >= 4 is 16.7 Å². The largest absolute Gasteiger partial charge is 0.456 e. The molecule has 0 aliphatic heterocycles. The normalized spacial score (nSPS) is 11.9. The smallest absolute Gasteiger partial charge is 0.297 e. The zero-order valence-corrected chi connectivity index (χ0v) is 19.2. The van der Waals surface area contributed by atoms with E-state index in [1.165, 1.54) is 5.56 Å². The Balaban J connectivity index is 1.80. The predicted octanol–water partition coefficient (Wildman–Crippen LogP) is 5.75. The zero-order valence-electron chi connectivity index (χ0n) is 19.2. The van der Waals surface area contributed by atoms with Gasteiger partial charge in [0.25, 0.3) is 5.56 Å². The highest BCUT2D eigenvalue weighted by Gasteiger charge is 2.16. The van der Waals surface area contributed by atoms with Crippen molar-refractivity contribution in [3.05, 3.63) is 111 Å². The molecule has 33 heavy (non-hydrogen) atoms. The molecule has 5 heteroatoms. The van der Waals surface area contributed by atoms with Gasteiger partial charge in [-0.25, -0.2) is 9.67 Å². The molecule has 0 saturated heterocycles. The second-order valence-electron chi connectivity index (χ2n) is 8.38. The number of rotatable bonds is 3. The molecule has 3 aromatic carbocycles. The summed E-state index contributed by atoms with van der Waals surface area (Å²) in [5, 5.41) is 1.58. The van der Waals surface area contributed by atoms with Crippen LogP contribution in [0.2, 0.25) is 0 Å². The SMILES string of the molecule is Cc1ccc(-c2cc(=Nc3c(C)n(C)n(-c4ccccc4)c3=O)c3cc(C)ccc3o2)cc1. The van der Waals surface area contributed by atoms with E-state index in [1.54, 1.807) is 4.68 Å². The second kappa shape index (κ2) is 8.10. The molecule has 164 valence electrons. The third-order valence-corrected chi connectivity index (χ3v) is 5.99. The highest BCUT2D eigenvalue weighted by Crippen LogP contribution is 2.24. The Labute approximate surface area is 191 Å². The van der Waals surface area contributed by atoms with Gasteiger partial charge in [-0.05, 0) is 45.0 Å². The maximum Gasteiger partial charge on any atom is 0.297 e. The van der Waals surface area contributed by atoms with Crippen LogP contribution in [0.5, 0.6) is 0 Å². The number of aromatic nitrogens is 2. The topological polar surface area (TPSA) is 52.4 Å². The first-order chi connectivity index (χ1) is 15.9. The van der Waals surface area contributed by atoms with E-state index in [2.05, 4.69) is 19.1 Å². The highest BCUT2D eigenvalue weighted by atomic mass is 16.3. The first kappa shape index (κ1) is 20.8. The van der Waals surface area contributed by atoms with Crippen molar-refractivity contribution in [2.75, 3.05) is 0 Å². The summed E-state index contributed by atoms with van der Waals surface area (Å²) in [6, 6.07) is 25.7. The number of hydrogen-bond donors (Lipinski definition) is 0. The van der Waals surface area contributed by atoms with Gasteiger partial charge in [0.2, 0.25) is 0 Å². The minimum atomic E-state index is -0.153. The molecule has 5 rings (SSSR count). The molecule has 0 unspecified atom stereocenters. The van der Waals surface area contributed by atoms with Gasteiger partial charge in [0, 0.05) is 24.1 Å². The number of para-hydroxylation sites is 1. The molecule has 2 aromatic heterocycles. The van der Waals surface area contributed by atoms with E-state index in [0.717, 1.165) is 33.5 Å². The van der Waals surface area contributed by atoms with E-state index >= 15 is 0 Å². The molecule has 0 aliphatic carbocycles. The van der Waals surface area contributed by atoms with Crippen molar-refractivity contribution in [1.29, 1.82) is 0 Å². The Bertz CT molecular complexity index is 1600. The summed E-state index contributed by atoms with van der Waals surface area (Å²) in [6.07, 6.45) is 0. The van der Waals surface area contributed by atoms with E-state index in [9.17, 15) is 4.79 Å². The summed E-state index contributed by atoms with van der Waals surface area (Å²) < 4.78 is 9.73. The lowest BCUT2D eigenvalue weighted by Crippen LogP contribution is -2.19. The Hall–Kier alpha value is -4.12. The highest BCUT2D eigenvalue weighted by molar-refractivity contribution is 5.79. The fraction of sp³-hybridized carbons (Fsp3) is 0.143. The average Bonchev–Trinajstić information content (AvgIpc) is 3.03. The molecule has 0 saturated carbocycles. The van der Waals surface area contributed by atoms with Crippen LogP contribution in [0, 0.1) is 20.8 Å². The zero-order chi connectivity index (χ0) is 23.1. The van der Waals surface area contributed by atoms with Crippen molar-refractivity contribution in [1.82, 2.24) is 9.36 Å². The Morgan fingerprint density at radius 2 is 1.52 bits per heavy atom. The summed E-state index contributed by atoms with van der Waals surface area (Å²) in [7, 11) is 1.88. The maximum absolute atomic E-state index is 13.4. The number of benzene rings is 3. The molecule has 0 atom stereocenters. The van der Waals surface area contributed by atoms with E-state index in [4.69, 9.17) is 9.41 Å². The van der Waals surface area contributed by atoms with Gasteiger partial charge in [0.15, 0.2) is 5.69 Å². The monoisotopic (exact) mass is 435 g/mol. The van der Waals surface area contributed by atoms with Crippen LogP contribution in [0.15, 0.2) is 93.1 Å². The molecule has 5 nitrogen and oxygen atoms in total. The molecule has 2 heterocycles. The van der Waals surface area contributed by atoms with Gasteiger partial charge < -0.3 is 4.42 Å². The first-order valence-corrected chi connectivity index (χ1v) is 10.9. The molecule has 0 N–H and O–H groups in total. The molecular formula is C28H25N3O2. The molecule has 0 spiro atoms. The lowest BCUT2D eigenvalue weighted by Gasteiger charge is -2.07. The second-order valence-corrected chi connectivity index (χ2v) is 8.38. The average molecular weight is 436 g/mol. The summed E-state index contributed by atoms with van der Waals surface area (Å²) in [5.41, 5.74) is 5.84. The van der Waals surface area contributed by atoms with Gasteiger partial charge in [-0.2, -0.15) is 0 Å². The van der Waals surface area contributed by atoms with Gasteiger partial charge in [-0.1, -0.05) is 59.7 Å². The molecule has 0 aliphatic rings. The third-order valence-electron chi connectivity index (χ3n) is 5.99. The molecule has 0 bridgehead atoms. The van der Waals surface area contributed by atoms with Crippen LogP contribution in [0.1, 0.15) is 16.8 Å². The van der Waals surface area contributed by atoms with Gasteiger partial charge in [-0.3, -0.25) is 9.48 Å². The lowest BCUT2D eigenvalue weighted by atomic mass is 10.1. The number of aryl methyl sites for hydroxylation is 2. The minimum absolute atomic E-state index is 0.153. The van der Waals surface area contributed by atoms with E-state index in [1.807, 2.05) is 92.3 Å².